The maximum atomic E-state index is 5.53. The van der Waals surface area contributed by atoms with Crippen LogP contribution in [0.2, 0.25) is 0 Å². The number of hydrogen-bond donors (Lipinski definition) is 0. The first-order valence-corrected chi connectivity index (χ1v) is 7.44. The van der Waals surface area contributed by atoms with E-state index in [4.69, 9.17) is 9.47 Å². The van der Waals surface area contributed by atoms with Gasteiger partial charge in [0.25, 0.3) is 0 Å². The quantitative estimate of drug-likeness (QED) is 0.815. The first-order chi connectivity index (χ1) is 9.31. The van der Waals surface area contributed by atoms with E-state index in [0.29, 0.717) is 6.79 Å². The molecule has 3 nitrogen and oxygen atoms in total. The second kappa shape index (κ2) is 4.41. The van der Waals surface area contributed by atoms with Crippen LogP contribution in [-0.2, 0) is 6.42 Å². The lowest BCUT2D eigenvalue weighted by Gasteiger charge is -2.23. The van der Waals surface area contributed by atoms with E-state index in [-0.39, 0.29) is 0 Å². The SMILES string of the molecule is CN1CCC[C@@H]1CC1CCc2cc3c(cc21)OCO3. The highest BCUT2D eigenvalue weighted by molar-refractivity contribution is 5.51. The lowest BCUT2D eigenvalue weighted by Crippen LogP contribution is -2.26. The predicted octanol–water partition coefficient (Wildman–Crippen LogP) is 2.93. The van der Waals surface area contributed by atoms with Gasteiger partial charge in [-0.2, -0.15) is 0 Å². The fourth-order valence-electron chi connectivity index (χ4n) is 3.93. The second-order valence-electron chi connectivity index (χ2n) is 6.15. The van der Waals surface area contributed by atoms with Crippen LogP contribution in [0, 0.1) is 0 Å². The molecule has 1 aliphatic carbocycles. The second-order valence-corrected chi connectivity index (χ2v) is 6.15. The van der Waals surface area contributed by atoms with Crippen LogP contribution >= 0.6 is 0 Å². The predicted molar refractivity (Wildman–Crippen MR) is 73.9 cm³/mol. The fourth-order valence-corrected chi connectivity index (χ4v) is 3.93. The van der Waals surface area contributed by atoms with Crippen LogP contribution in [0.15, 0.2) is 12.1 Å². The Bertz CT molecular complexity index is 500. The summed E-state index contributed by atoms with van der Waals surface area (Å²) < 4.78 is 11.0. The Hall–Kier alpha value is -1.22. The van der Waals surface area contributed by atoms with Crippen LogP contribution < -0.4 is 9.47 Å². The van der Waals surface area contributed by atoms with E-state index in [1.807, 2.05) is 0 Å². The van der Waals surface area contributed by atoms with Gasteiger partial charge in [0.05, 0.1) is 0 Å². The highest BCUT2D eigenvalue weighted by Crippen LogP contribution is 2.44. The minimum Gasteiger partial charge on any atom is -0.454 e. The van der Waals surface area contributed by atoms with Crippen molar-refractivity contribution in [2.24, 2.45) is 0 Å². The van der Waals surface area contributed by atoms with Gasteiger partial charge in [-0.15, -0.1) is 0 Å². The largest absolute Gasteiger partial charge is 0.454 e. The molecule has 3 aliphatic rings. The molecule has 102 valence electrons. The van der Waals surface area contributed by atoms with Gasteiger partial charge in [0.2, 0.25) is 6.79 Å². The van der Waals surface area contributed by atoms with Crippen molar-refractivity contribution < 1.29 is 9.47 Å². The van der Waals surface area contributed by atoms with E-state index >= 15 is 0 Å². The van der Waals surface area contributed by atoms with Gasteiger partial charge in [-0.1, -0.05) is 0 Å². The van der Waals surface area contributed by atoms with E-state index in [1.54, 1.807) is 0 Å². The molecule has 1 unspecified atom stereocenters. The first-order valence-electron chi connectivity index (χ1n) is 7.44. The monoisotopic (exact) mass is 259 g/mol. The van der Waals surface area contributed by atoms with Crippen molar-refractivity contribution in [1.29, 1.82) is 0 Å². The highest BCUT2D eigenvalue weighted by atomic mass is 16.7. The van der Waals surface area contributed by atoms with Crippen LogP contribution in [0.25, 0.3) is 0 Å². The molecule has 2 atom stereocenters. The lowest BCUT2D eigenvalue weighted by atomic mass is 9.92. The molecule has 2 aliphatic heterocycles. The summed E-state index contributed by atoms with van der Waals surface area (Å²) in [6, 6.07) is 5.22. The lowest BCUT2D eigenvalue weighted by molar-refractivity contribution is 0.174. The van der Waals surface area contributed by atoms with E-state index in [0.717, 1.165) is 23.5 Å². The van der Waals surface area contributed by atoms with Gasteiger partial charge < -0.3 is 14.4 Å². The molecule has 1 aromatic carbocycles. The number of ether oxygens (including phenoxy) is 2. The molecule has 0 bridgehead atoms. The van der Waals surface area contributed by atoms with Crippen molar-refractivity contribution in [3.05, 3.63) is 23.3 Å². The molecule has 4 rings (SSSR count). The first kappa shape index (κ1) is 11.6. The molecule has 3 heteroatoms. The summed E-state index contributed by atoms with van der Waals surface area (Å²) in [6.45, 7) is 1.65. The number of rotatable bonds is 2. The van der Waals surface area contributed by atoms with Gasteiger partial charge in [-0.25, -0.2) is 0 Å². The van der Waals surface area contributed by atoms with Crippen molar-refractivity contribution >= 4 is 0 Å². The molecule has 1 aromatic rings. The average molecular weight is 259 g/mol. The smallest absolute Gasteiger partial charge is 0.231 e. The zero-order chi connectivity index (χ0) is 12.8. The molecular weight excluding hydrogens is 238 g/mol. The Balaban J connectivity index is 1.58. The number of likely N-dealkylation sites (tertiary alicyclic amines) is 1. The Morgan fingerprint density at radius 2 is 2.05 bits per heavy atom. The van der Waals surface area contributed by atoms with Gasteiger partial charge in [0.1, 0.15) is 0 Å². The number of hydrogen-bond acceptors (Lipinski definition) is 3. The summed E-state index contributed by atoms with van der Waals surface area (Å²) in [5.41, 5.74) is 3.00. The molecule has 1 fully saturated rings. The minimum absolute atomic E-state index is 0.383. The highest BCUT2D eigenvalue weighted by Gasteiger charge is 2.31. The average Bonchev–Trinajstić information content (AvgIpc) is 3.09. The third kappa shape index (κ3) is 1.91. The Labute approximate surface area is 114 Å². The number of nitrogens with zero attached hydrogens (tertiary/aromatic N) is 1. The molecule has 0 radical (unpaired) electrons. The van der Waals surface area contributed by atoms with Crippen LogP contribution in [-0.4, -0.2) is 31.3 Å². The molecule has 0 N–H and O–H groups in total. The fraction of sp³-hybridized carbons (Fsp3) is 0.625. The summed E-state index contributed by atoms with van der Waals surface area (Å²) in [6.07, 6.45) is 6.54. The molecule has 0 amide bonds. The van der Waals surface area contributed by atoms with Crippen molar-refractivity contribution in [3.63, 3.8) is 0 Å². The zero-order valence-electron chi connectivity index (χ0n) is 11.5. The Morgan fingerprint density at radius 3 is 2.84 bits per heavy atom. The van der Waals surface area contributed by atoms with Gasteiger partial charge in [-0.05, 0) is 74.9 Å². The molecule has 0 aromatic heterocycles. The maximum Gasteiger partial charge on any atom is 0.231 e. The van der Waals surface area contributed by atoms with Gasteiger partial charge in [0.15, 0.2) is 11.5 Å². The van der Waals surface area contributed by atoms with E-state index in [1.165, 1.54) is 49.8 Å². The summed E-state index contributed by atoms with van der Waals surface area (Å²) in [5, 5.41) is 0. The molecule has 2 heterocycles. The summed E-state index contributed by atoms with van der Waals surface area (Å²) >= 11 is 0. The zero-order valence-corrected chi connectivity index (χ0v) is 11.5. The molecular formula is C16H21NO2. The van der Waals surface area contributed by atoms with E-state index < -0.39 is 0 Å². The number of benzene rings is 1. The van der Waals surface area contributed by atoms with Crippen LogP contribution in [0.5, 0.6) is 11.5 Å². The molecule has 19 heavy (non-hydrogen) atoms. The third-order valence-electron chi connectivity index (χ3n) is 5.06. The third-order valence-corrected chi connectivity index (χ3v) is 5.06. The maximum absolute atomic E-state index is 5.53. The van der Waals surface area contributed by atoms with Crippen molar-refractivity contribution in [3.8, 4) is 11.5 Å². The summed E-state index contributed by atoms with van der Waals surface area (Å²) in [4.78, 5) is 2.53. The van der Waals surface area contributed by atoms with Crippen LogP contribution in [0.4, 0.5) is 0 Å². The molecule has 0 saturated carbocycles. The summed E-state index contributed by atoms with van der Waals surface area (Å²) in [7, 11) is 2.27. The van der Waals surface area contributed by atoms with Crippen LogP contribution in [0.3, 0.4) is 0 Å². The van der Waals surface area contributed by atoms with Crippen molar-refractivity contribution in [2.75, 3.05) is 20.4 Å². The number of fused-ring (bicyclic) bond motifs is 2. The minimum atomic E-state index is 0.383. The molecule has 0 spiro atoms. The topological polar surface area (TPSA) is 21.7 Å². The van der Waals surface area contributed by atoms with E-state index in [2.05, 4.69) is 24.1 Å². The summed E-state index contributed by atoms with van der Waals surface area (Å²) in [5.74, 6) is 2.61. The normalized spacial score (nSPS) is 28.9. The van der Waals surface area contributed by atoms with Crippen molar-refractivity contribution in [2.45, 2.75) is 44.1 Å². The number of aryl methyl sites for hydroxylation is 1. The van der Waals surface area contributed by atoms with Gasteiger partial charge in [0, 0.05) is 6.04 Å². The Morgan fingerprint density at radius 1 is 1.21 bits per heavy atom. The van der Waals surface area contributed by atoms with Crippen LogP contribution in [0.1, 0.15) is 42.7 Å². The van der Waals surface area contributed by atoms with Crippen molar-refractivity contribution in [1.82, 2.24) is 4.90 Å². The Kier molecular flexibility index (Phi) is 2.69. The standard InChI is InChI=1S/C16H21NO2/c1-17-6-2-3-13(17)7-11-4-5-12-8-15-16(9-14(11)12)19-10-18-15/h8-9,11,13H,2-7,10H2,1H3/t11?,13-/m1/s1. The van der Waals surface area contributed by atoms with E-state index in [9.17, 15) is 0 Å². The molecule has 1 saturated heterocycles. The van der Waals surface area contributed by atoms with Gasteiger partial charge in [-0.3, -0.25) is 0 Å². The van der Waals surface area contributed by atoms with Gasteiger partial charge >= 0.3 is 0 Å².